The van der Waals surface area contributed by atoms with E-state index in [9.17, 15) is 43.2 Å². The average Bonchev–Trinajstić information content (AvgIpc) is 1.07. The third kappa shape index (κ3) is 70.9. The normalized spacial score (nSPS) is 14.4. The van der Waals surface area contributed by atoms with Crippen LogP contribution in [0.4, 0.5) is 0 Å². The molecule has 576 valence electrons. The lowest BCUT2D eigenvalue weighted by molar-refractivity contribution is -0.161. The molecule has 0 aliphatic carbocycles. The molecule has 0 spiro atoms. The molecule has 0 aromatic rings. The van der Waals surface area contributed by atoms with E-state index in [1.807, 2.05) is 0 Å². The summed E-state index contributed by atoms with van der Waals surface area (Å²) < 4.78 is 68.6. The van der Waals surface area contributed by atoms with E-state index in [1.54, 1.807) is 0 Å². The molecule has 0 aromatic carbocycles. The molecule has 0 bridgehead atoms. The topological polar surface area (TPSA) is 237 Å². The average molecular weight is 1420 g/mol. The first kappa shape index (κ1) is 95.1. The Balaban J connectivity index is 5.25. The van der Waals surface area contributed by atoms with Gasteiger partial charge in [-0.3, -0.25) is 37.3 Å². The summed E-state index contributed by atoms with van der Waals surface area (Å²) in [7, 11) is -9.92. The van der Waals surface area contributed by atoms with E-state index >= 15 is 0 Å². The molecule has 6 atom stereocenters. The summed E-state index contributed by atoms with van der Waals surface area (Å²) in [6, 6.07) is 0. The summed E-state index contributed by atoms with van der Waals surface area (Å²) in [6.07, 6.45) is 52.7. The molecule has 97 heavy (non-hydrogen) atoms. The first-order valence-corrected chi connectivity index (χ1v) is 43.2. The third-order valence-corrected chi connectivity index (χ3v) is 20.3. The van der Waals surface area contributed by atoms with Gasteiger partial charge in [-0.1, -0.05) is 344 Å². The summed E-state index contributed by atoms with van der Waals surface area (Å²) >= 11 is 0. The van der Waals surface area contributed by atoms with E-state index < -0.39 is 97.5 Å². The molecule has 0 saturated heterocycles. The smallest absolute Gasteiger partial charge is 0.462 e. The number of rotatable bonds is 75. The minimum atomic E-state index is -4.96. The maximum absolute atomic E-state index is 13.1. The van der Waals surface area contributed by atoms with Gasteiger partial charge in [0.2, 0.25) is 0 Å². The summed E-state index contributed by atoms with van der Waals surface area (Å²) in [5.41, 5.74) is 0. The molecule has 0 fully saturated rings. The first-order valence-electron chi connectivity index (χ1n) is 40.2. The SMILES string of the molecule is CCC(C)CCCCCCCCC(=O)OC[C@H](COP(=O)(O)OC[C@H](O)COP(=O)(O)OC[C@@H](COC(=O)CCCCCCCCCCCCCCCC(C)C)OC(=O)CCCCCCCCCCCCCCCCCC(C)C)OC(=O)CCCCCCCCCCCCC(C)C. The highest BCUT2D eigenvalue weighted by molar-refractivity contribution is 7.47. The van der Waals surface area contributed by atoms with E-state index in [0.29, 0.717) is 25.7 Å². The van der Waals surface area contributed by atoms with E-state index in [2.05, 4.69) is 55.4 Å². The number of phosphoric ester groups is 2. The van der Waals surface area contributed by atoms with Crippen LogP contribution in [0.3, 0.4) is 0 Å². The second kappa shape index (κ2) is 67.2. The summed E-state index contributed by atoms with van der Waals surface area (Å²) in [4.78, 5) is 72.9. The van der Waals surface area contributed by atoms with Crippen molar-refractivity contribution in [2.45, 2.75) is 414 Å². The Morgan fingerprint density at radius 1 is 0.289 bits per heavy atom. The highest BCUT2D eigenvalue weighted by Gasteiger charge is 2.30. The Morgan fingerprint density at radius 3 is 0.732 bits per heavy atom. The molecule has 0 saturated carbocycles. The molecular weight excluding hydrogens is 1270 g/mol. The number of ether oxygens (including phenoxy) is 4. The molecule has 0 rings (SSSR count). The molecule has 3 N–H and O–H groups in total. The van der Waals surface area contributed by atoms with E-state index in [4.69, 9.17) is 37.0 Å². The first-order chi connectivity index (χ1) is 46.6. The molecule has 0 heterocycles. The Morgan fingerprint density at radius 2 is 0.495 bits per heavy atom. The fraction of sp³-hybridized carbons (Fsp3) is 0.949. The second-order valence-corrected chi connectivity index (χ2v) is 32.7. The number of aliphatic hydroxyl groups excluding tert-OH is 1. The lowest BCUT2D eigenvalue weighted by Crippen LogP contribution is -2.30. The van der Waals surface area contributed by atoms with Crippen molar-refractivity contribution in [2.75, 3.05) is 39.6 Å². The van der Waals surface area contributed by atoms with Crippen molar-refractivity contribution >= 4 is 39.5 Å². The van der Waals surface area contributed by atoms with Crippen LogP contribution in [0.2, 0.25) is 0 Å². The van der Waals surface area contributed by atoms with Gasteiger partial charge in [0.05, 0.1) is 26.4 Å². The molecular formula is C78H152O17P2. The number of carbonyl (C=O) groups excluding carboxylic acids is 4. The number of carbonyl (C=O) groups is 4. The van der Waals surface area contributed by atoms with Gasteiger partial charge < -0.3 is 33.8 Å². The quantitative estimate of drug-likeness (QED) is 0.0222. The fourth-order valence-electron chi connectivity index (χ4n) is 11.9. The van der Waals surface area contributed by atoms with Crippen molar-refractivity contribution in [2.24, 2.45) is 23.7 Å². The predicted octanol–water partition coefficient (Wildman–Crippen LogP) is 22.8. The predicted molar refractivity (Wildman–Crippen MR) is 395 cm³/mol. The van der Waals surface area contributed by atoms with Crippen molar-refractivity contribution in [3.05, 3.63) is 0 Å². The van der Waals surface area contributed by atoms with Gasteiger partial charge in [0.25, 0.3) is 0 Å². The fourth-order valence-corrected chi connectivity index (χ4v) is 13.5. The lowest BCUT2D eigenvalue weighted by Gasteiger charge is -2.21. The Bertz CT molecular complexity index is 1900. The highest BCUT2D eigenvalue weighted by Crippen LogP contribution is 2.45. The monoisotopic (exact) mass is 1420 g/mol. The summed E-state index contributed by atoms with van der Waals surface area (Å²) in [6.45, 7) is 14.2. The molecule has 0 aliphatic heterocycles. The zero-order chi connectivity index (χ0) is 71.7. The van der Waals surface area contributed by atoms with Crippen molar-refractivity contribution < 1.29 is 80.2 Å². The number of aliphatic hydroxyl groups is 1. The Labute approximate surface area is 594 Å². The van der Waals surface area contributed by atoms with E-state index in [1.165, 1.54) is 193 Å². The lowest BCUT2D eigenvalue weighted by atomic mass is 10.00. The number of phosphoric acid groups is 2. The summed E-state index contributed by atoms with van der Waals surface area (Å²) in [5.74, 6) is 0.958. The van der Waals surface area contributed by atoms with Crippen LogP contribution in [0.25, 0.3) is 0 Å². The van der Waals surface area contributed by atoms with Gasteiger partial charge in [0.15, 0.2) is 12.2 Å². The number of hydrogen-bond donors (Lipinski definition) is 3. The van der Waals surface area contributed by atoms with Gasteiger partial charge in [-0.05, 0) is 49.4 Å². The van der Waals surface area contributed by atoms with Crippen LogP contribution in [-0.4, -0.2) is 96.7 Å². The van der Waals surface area contributed by atoms with Crippen LogP contribution >= 0.6 is 15.6 Å². The van der Waals surface area contributed by atoms with Crippen LogP contribution in [0.15, 0.2) is 0 Å². The van der Waals surface area contributed by atoms with Crippen LogP contribution in [0, 0.1) is 23.7 Å². The van der Waals surface area contributed by atoms with Crippen LogP contribution in [-0.2, 0) is 65.4 Å². The van der Waals surface area contributed by atoms with Crippen molar-refractivity contribution in [3.8, 4) is 0 Å². The molecule has 0 aromatic heterocycles. The minimum Gasteiger partial charge on any atom is -0.462 e. The van der Waals surface area contributed by atoms with Gasteiger partial charge in [-0.25, -0.2) is 9.13 Å². The molecule has 0 amide bonds. The van der Waals surface area contributed by atoms with Gasteiger partial charge in [-0.2, -0.15) is 0 Å². The van der Waals surface area contributed by atoms with Crippen molar-refractivity contribution in [1.29, 1.82) is 0 Å². The van der Waals surface area contributed by atoms with Crippen LogP contribution < -0.4 is 0 Å². The zero-order valence-electron chi connectivity index (χ0n) is 63.7. The molecule has 3 unspecified atom stereocenters. The molecule has 17 nitrogen and oxygen atoms in total. The zero-order valence-corrected chi connectivity index (χ0v) is 65.5. The van der Waals surface area contributed by atoms with Gasteiger partial charge in [-0.15, -0.1) is 0 Å². The van der Waals surface area contributed by atoms with Crippen LogP contribution in [0.5, 0.6) is 0 Å². The van der Waals surface area contributed by atoms with Crippen molar-refractivity contribution in [1.82, 2.24) is 0 Å². The Hall–Kier alpha value is -1.94. The second-order valence-electron chi connectivity index (χ2n) is 29.8. The maximum Gasteiger partial charge on any atom is 0.472 e. The van der Waals surface area contributed by atoms with Crippen molar-refractivity contribution in [3.63, 3.8) is 0 Å². The molecule has 19 heteroatoms. The molecule has 0 aliphatic rings. The number of hydrogen-bond acceptors (Lipinski definition) is 15. The van der Waals surface area contributed by atoms with E-state index in [0.717, 1.165) is 120 Å². The van der Waals surface area contributed by atoms with E-state index in [-0.39, 0.29) is 25.7 Å². The number of unbranched alkanes of at least 4 members (excludes halogenated alkanes) is 40. The van der Waals surface area contributed by atoms with Crippen LogP contribution in [0.1, 0.15) is 396 Å². The van der Waals surface area contributed by atoms with Gasteiger partial charge >= 0.3 is 39.5 Å². The maximum atomic E-state index is 13.1. The summed E-state index contributed by atoms with van der Waals surface area (Å²) in [5, 5.41) is 10.6. The highest BCUT2D eigenvalue weighted by atomic mass is 31.2. The standard InChI is InChI=1S/C78H152O17P2/c1-9-71(8)57-49-41-36-37-43-51-59-76(81)89-65-74(95-78(83)61-53-45-35-29-23-22-26-32-40-48-56-70(6)7)67-93-97(86,87)91-63-72(79)62-90-96(84,85)92-66-73(64-88-75(80)58-50-42-33-27-20-17-13-15-19-25-31-39-47-55-69(4)5)94-77(82)60-52-44-34-28-21-16-12-10-11-14-18-24-30-38-46-54-68(2)3/h68-74,79H,9-67H2,1-8H3,(H,84,85)(H,86,87)/t71?,72-,73-,74-/m1/s1. The molecule has 0 radical (unpaired) electrons. The number of esters is 4. The Kier molecular flexibility index (Phi) is 65.9. The largest absolute Gasteiger partial charge is 0.472 e. The van der Waals surface area contributed by atoms with Gasteiger partial charge in [0, 0.05) is 25.7 Å². The third-order valence-electron chi connectivity index (χ3n) is 18.4. The minimum absolute atomic E-state index is 0.105. The van der Waals surface area contributed by atoms with Gasteiger partial charge in [0.1, 0.15) is 19.3 Å².